The van der Waals surface area contributed by atoms with Gasteiger partial charge in [-0.25, -0.2) is 0 Å². The van der Waals surface area contributed by atoms with Crippen LogP contribution in [0, 0.1) is 6.92 Å². The molecule has 1 heterocycles. The van der Waals surface area contributed by atoms with Gasteiger partial charge in [-0.3, -0.25) is 19.8 Å². The second-order valence-corrected chi connectivity index (χ2v) is 5.90. The van der Waals surface area contributed by atoms with E-state index in [-0.39, 0.29) is 10.7 Å². The van der Waals surface area contributed by atoms with Gasteiger partial charge in [-0.15, -0.1) is 0 Å². The van der Waals surface area contributed by atoms with Gasteiger partial charge in [0, 0.05) is 0 Å². The number of hydrogen-bond donors (Lipinski definition) is 1. The molecule has 2 aromatic rings. The van der Waals surface area contributed by atoms with Gasteiger partial charge in [0.05, 0.1) is 12.8 Å². The quantitative estimate of drug-likeness (QED) is 0.524. The summed E-state index contributed by atoms with van der Waals surface area (Å²) in [7, 11) is 1.56. The molecule has 0 bridgehead atoms. The van der Waals surface area contributed by atoms with E-state index >= 15 is 0 Å². The summed E-state index contributed by atoms with van der Waals surface area (Å²) in [5.41, 5.74) is 2.38. The first kappa shape index (κ1) is 16.9. The topological polar surface area (TPSA) is 58.6 Å². The van der Waals surface area contributed by atoms with Gasteiger partial charge in [0.1, 0.15) is 11.3 Å². The van der Waals surface area contributed by atoms with Gasteiger partial charge in [0.15, 0.2) is 5.11 Å². The first-order valence-electron chi connectivity index (χ1n) is 7.62. The molecule has 0 radical (unpaired) electrons. The Balaban J connectivity index is 2.01. The van der Waals surface area contributed by atoms with Crippen LogP contribution in [0.2, 0.25) is 0 Å². The highest BCUT2D eigenvalue weighted by Gasteiger charge is 2.34. The predicted octanol–water partition coefficient (Wildman–Crippen LogP) is 2.83. The van der Waals surface area contributed by atoms with Crippen molar-refractivity contribution in [3.63, 3.8) is 0 Å². The number of nitrogens with one attached hydrogen (secondary N) is 1. The molecule has 6 heteroatoms. The van der Waals surface area contributed by atoms with Gasteiger partial charge in [0.25, 0.3) is 11.8 Å². The minimum Gasteiger partial charge on any atom is -0.497 e. The maximum absolute atomic E-state index is 12.9. The van der Waals surface area contributed by atoms with Crippen LogP contribution in [0.3, 0.4) is 0 Å². The lowest BCUT2D eigenvalue weighted by Crippen LogP contribution is -2.54. The fraction of sp³-hybridized carbons (Fsp3) is 0.105. The number of amides is 2. The average Bonchev–Trinajstić information content (AvgIpc) is 2.60. The normalized spacial score (nSPS) is 16.2. The molecule has 2 amide bonds. The summed E-state index contributed by atoms with van der Waals surface area (Å²) in [4.78, 5) is 26.5. The molecule has 1 N–H and O–H groups in total. The van der Waals surface area contributed by atoms with Crippen LogP contribution in [0.15, 0.2) is 54.1 Å². The number of aryl methyl sites for hydroxylation is 1. The van der Waals surface area contributed by atoms with Gasteiger partial charge in [-0.2, -0.15) is 0 Å². The Morgan fingerprint density at radius 2 is 1.76 bits per heavy atom. The van der Waals surface area contributed by atoms with Crippen molar-refractivity contribution in [2.75, 3.05) is 12.0 Å². The zero-order valence-corrected chi connectivity index (χ0v) is 14.6. The van der Waals surface area contributed by atoms with Crippen LogP contribution in [-0.4, -0.2) is 24.0 Å². The molecule has 5 nitrogen and oxygen atoms in total. The van der Waals surface area contributed by atoms with E-state index < -0.39 is 11.8 Å². The molecule has 0 aliphatic carbocycles. The predicted molar refractivity (Wildman–Crippen MR) is 100 cm³/mol. The lowest BCUT2D eigenvalue weighted by molar-refractivity contribution is -0.122. The molecule has 0 spiro atoms. The second-order valence-electron chi connectivity index (χ2n) is 5.51. The molecule has 0 atom stereocenters. The van der Waals surface area contributed by atoms with Crippen LogP contribution in [0.25, 0.3) is 6.08 Å². The number of thiocarbonyl (C=S) groups is 1. The molecule has 25 heavy (non-hydrogen) atoms. The number of ether oxygens (including phenoxy) is 1. The molecule has 1 saturated heterocycles. The fourth-order valence-electron chi connectivity index (χ4n) is 2.53. The van der Waals surface area contributed by atoms with E-state index in [1.807, 2.05) is 31.2 Å². The average molecular weight is 352 g/mol. The summed E-state index contributed by atoms with van der Waals surface area (Å²) in [6.07, 6.45) is 1.59. The Bertz CT molecular complexity index is 888. The largest absolute Gasteiger partial charge is 0.497 e. The van der Waals surface area contributed by atoms with Crippen molar-refractivity contribution >= 4 is 40.9 Å². The molecule has 1 aliphatic rings. The summed E-state index contributed by atoms with van der Waals surface area (Å²) < 4.78 is 5.12. The molecule has 126 valence electrons. The molecule has 0 saturated carbocycles. The molecule has 2 aromatic carbocycles. The van der Waals surface area contributed by atoms with Gasteiger partial charge in [-0.05, 0) is 60.6 Å². The van der Waals surface area contributed by atoms with E-state index in [1.54, 1.807) is 37.5 Å². The van der Waals surface area contributed by atoms with E-state index in [4.69, 9.17) is 17.0 Å². The smallest absolute Gasteiger partial charge is 0.270 e. The zero-order chi connectivity index (χ0) is 18.0. The monoisotopic (exact) mass is 352 g/mol. The van der Waals surface area contributed by atoms with Crippen molar-refractivity contribution in [3.05, 3.63) is 65.2 Å². The Hall–Kier alpha value is -2.99. The lowest BCUT2D eigenvalue weighted by atomic mass is 10.0. The number of benzene rings is 2. The summed E-state index contributed by atoms with van der Waals surface area (Å²) in [5, 5.41) is 2.63. The highest BCUT2D eigenvalue weighted by Crippen LogP contribution is 2.24. The van der Waals surface area contributed by atoms with E-state index in [9.17, 15) is 9.59 Å². The third-order valence-corrected chi connectivity index (χ3v) is 4.21. The summed E-state index contributed by atoms with van der Waals surface area (Å²) in [5.74, 6) is -0.288. The van der Waals surface area contributed by atoms with E-state index in [2.05, 4.69) is 5.32 Å². The third-order valence-electron chi connectivity index (χ3n) is 3.92. The van der Waals surface area contributed by atoms with Crippen molar-refractivity contribution < 1.29 is 14.3 Å². The SMILES string of the molecule is COc1ccc(N2C(=O)/C(=C\c3ccccc3C)C(=O)NC2=S)cc1. The first-order valence-corrected chi connectivity index (χ1v) is 8.03. The summed E-state index contributed by atoms with van der Waals surface area (Å²) in [6, 6.07) is 14.4. The first-order chi connectivity index (χ1) is 12.0. The maximum Gasteiger partial charge on any atom is 0.270 e. The number of carbonyl (C=O) groups excluding carboxylic acids is 2. The van der Waals surface area contributed by atoms with E-state index in [0.29, 0.717) is 11.4 Å². The minimum atomic E-state index is -0.497. The molecule has 1 aliphatic heterocycles. The van der Waals surface area contributed by atoms with E-state index in [0.717, 1.165) is 11.1 Å². The van der Waals surface area contributed by atoms with Crippen LogP contribution in [0.1, 0.15) is 11.1 Å². The van der Waals surface area contributed by atoms with Crippen molar-refractivity contribution in [2.24, 2.45) is 0 Å². The standard InChI is InChI=1S/C19H16N2O3S/c1-12-5-3-4-6-13(12)11-16-17(22)20-19(25)21(18(16)23)14-7-9-15(24-2)10-8-14/h3-11H,1-2H3,(H,20,22,25)/b16-11-. The van der Waals surface area contributed by atoms with Gasteiger partial charge in [-0.1, -0.05) is 24.3 Å². The molecular formula is C19H16N2O3S. The Kier molecular flexibility index (Phi) is 4.63. The Labute approximate surface area is 150 Å². The van der Waals surface area contributed by atoms with Gasteiger partial charge in [0.2, 0.25) is 0 Å². The number of carbonyl (C=O) groups is 2. The lowest BCUT2D eigenvalue weighted by Gasteiger charge is -2.29. The summed E-state index contributed by atoms with van der Waals surface area (Å²) >= 11 is 5.18. The van der Waals surface area contributed by atoms with Gasteiger partial charge < -0.3 is 4.74 Å². The molecule has 0 unspecified atom stereocenters. The number of rotatable bonds is 3. The van der Waals surface area contributed by atoms with E-state index in [1.165, 1.54) is 4.90 Å². The van der Waals surface area contributed by atoms with Gasteiger partial charge >= 0.3 is 0 Å². The number of hydrogen-bond acceptors (Lipinski definition) is 4. The third kappa shape index (κ3) is 3.29. The Morgan fingerprint density at radius 1 is 1.08 bits per heavy atom. The highest BCUT2D eigenvalue weighted by atomic mass is 32.1. The Morgan fingerprint density at radius 3 is 2.40 bits per heavy atom. The van der Waals surface area contributed by atoms with Crippen LogP contribution in [-0.2, 0) is 9.59 Å². The molecular weight excluding hydrogens is 336 g/mol. The highest BCUT2D eigenvalue weighted by molar-refractivity contribution is 7.80. The van der Waals surface area contributed by atoms with Crippen LogP contribution in [0.4, 0.5) is 5.69 Å². The fourth-order valence-corrected chi connectivity index (χ4v) is 2.81. The minimum absolute atomic E-state index is 0.0405. The second kappa shape index (κ2) is 6.86. The van der Waals surface area contributed by atoms with Crippen molar-refractivity contribution in [2.45, 2.75) is 6.92 Å². The molecule has 0 aromatic heterocycles. The molecule has 3 rings (SSSR count). The number of anilines is 1. The maximum atomic E-state index is 12.9. The summed E-state index contributed by atoms with van der Waals surface area (Å²) in [6.45, 7) is 1.92. The zero-order valence-electron chi connectivity index (χ0n) is 13.8. The van der Waals surface area contributed by atoms with Crippen molar-refractivity contribution in [3.8, 4) is 5.75 Å². The number of methoxy groups -OCH3 is 1. The van der Waals surface area contributed by atoms with Crippen LogP contribution >= 0.6 is 12.2 Å². The number of nitrogens with zero attached hydrogens (tertiary/aromatic N) is 1. The van der Waals surface area contributed by atoms with Crippen molar-refractivity contribution in [1.29, 1.82) is 0 Å². The van der Waals surface area contributed by atoms with Crippen molar-refractivity contribution in [1.82, 2.24) is 5.32 Å². The molecule has 1 fully saturated rings. The van der Waals surface area contributed by atoms with Crippen LogP contribution < -0.4 is 15.0 Å². The van der Waals surface area contributed by atoms with Crippen LogP contribution in [0.5, 0.6) is 5.75 Å².